The minimum absolute atomic E-state index is 0.0728. The Hall–Kier alpha value is -3.88. The van der Waals surface area contributed by atoms with Gasteiger partial charge < -0.3 is 14.0 Å². The average molecular weight is 453 g/mol. The highest BCUT2D eigenvalue weighted by Gasteiger charge is 2.14. The van der Waals surface area contributed by atoms with E-state index in [1.54, 1.807) is 18.2 Å². The Balaban J connectivity index is 1.47. The van der Waals surface area contributed by atoms with Crippen LogP contribution >= 0.6 is 0 Å². The van der Waals surface area contributed by atoms with Crippen molar-refractivity contribution in [1.29, 1.82) is 0 Å². The standard InChI is InChI=1S/C24H28N4O5/c1-4-5-14-32-19-11-10-18(15-20(19)31-3)24(30)27-26-21(29)12-13-22-25-23(28-33-22)17-8-6-16(2)7-9-17/h6-11,15H,4-5,12-14H2,1-3H3,(H,26,29)(H,27,30). The number of benzene rings is 2. The van der Waals surface area contributed by atoms with Gasteiger partial charge in [0.1, 0.15) is 0 Å². The lowest BCUT2D eigenvalue weighted by Gasteiger charge is -2.12. The summed E-state index contributed by atoms with van der Waals surface area (Å²) < 4.78 is 16.2. The maximum absolute atomic E-state index is 12.4. The van der Waals surface area contributed by atoms with Crippen LogP contribution in [0.25, 0.3) is 11.4 Å². The third kappa shape index (κ3) is 6.80. The number of aryl methyl sites for hydroxylation is 2. The molecule has 0 saturated heterocycles. The Bertz CT molecular complexity index is 1080. The number of methoxy groups -OCH3 is 1. The summed E-state index contributed by atoms with van der Waals surface area (Å²) in [6.07, 6.45) is 2.26. The van der Waals surface area contributed by atoms with Crippen LogP contribution in [0.3, 0.4) is 0 Å². The molecule has 174 valence electrons. The largest absolute Gasteiger partial charge is 0.493 e. The molecular formula is C24H28N4O5. The number of amides is 2. The quantitative estimate of drug-likeness (QED) is 0.356. The van der Waals surface area contributed by atoms with E-state index in [1.807, 2.05) is 31.2 Å². The van der Waals surface area contributed by atoms with E-state index in [1.165, 1.54) is 7.11 Å². The number of hydrogen-bond donors (Lipinski definition) is 2. The normalized spacial score (nSPS) is 10.5. The highest BCUT2D eigenvalue weighted by molar-refractivity contribution is 5.96. The van der Waals surface area contributed by atoms with Crippen molar-refractivity contribution in [1.82, 2.24) is 21.0 Å². The van der Waals surface area contributed by atoms with Gasteiger partial charge in [-0.05, 0) is 31.5 Å². The Morgan fingerprint density at radius 3 is 2.58 bits per heavy atom. The molecule has 0 aliphatic heterocycles. The summed E-state index contributed by atoms with van der Waals surface area (Å²) in [4.78, 5) is 28.8. The number of nitrogens with zero attached hydrogens (tertiary/aromatic N) is 2. The predicted molar refractivity (Wildman–Crippen MR) is 122 cm³/mol. The van der Waals surface area contributed by atoms with Crippen molar-refractivity contribution in [3.05, 3.63) is 59.5 Å². The van der Waals surface area contributed by atoms with Crippen LogP contribution in [0.5, 0.6) is 11.5 Å². The van der Waals surface area contributed by atoms with E-state index in [0.29, 0.717) is 35.4 Å². The molecule has 33 heavy (non-hydrogen) atoms. The summed E-state index contributed by atoms with van der Waals surface area (Å²) in [5, 5.41) is 3.95. The average Bonchev–Trinajstić information content (AvgIpc) is 3.31. The predicted octanol–water partition coefficient (Wildman–Crippen LogP) is 3.63. The molecule has 1 heterocycles. The van der Waals surface area contributed by atoms with E-state index in [9.17, 15) is 9.59 Å². The van der Waals surface area contributed by atoms with Crippen molar-refractivity contribution in [2.75, 3.05) is 13.7 Å². The van der Waals surface area contributed by atoms with Crippen LogP contribution < -0.4 is 20.3 Å². The fourth-order valence-corrected chi connectivity index (χ4v) is 2.91. The molecule has 9 heteroatoms. The first-order chi connectivity index (χ1) is 16.0. The van der Waals surface area contributed by atoms with E-state index < -0.39 is 5.91 Å². The molecule has 0 aliphatic carbocycles. The van der Waals surface area contributed by atoms with Crippen molar-refractivity contribution in [3.8, 4) is 22.9 Å². The maximum atomic E-state index is 12.4. The second-order valence-electron chi connectivity index (χ2n) is 7.45. The van der Waals surface area contributed by atoms with Gasteiger partial charge in [-0.15, -0.1) is 0 Å². The SMILES string of the molecule is CCCCOc1ccc(C(=O)NNC(=O)CCc2nc(-c3ccc(C)cc3)no2)cc1OC. The Kier molecular flexibility index (Phi) is 8.40. The molecule has 0 saturated carbocycles. The zero-order valence-electron chi connectivity index (χ0n) is 19.0. The van der Waals surface area contributed by atoms with Gasteiger partial charge in [-0.2, -0.15) is 4.98 Å². The molecule has 0 radical (unpaired) electrons. The number of carbonyl (C=O) groups is 2. The first kappa shape index (κ1) is 23.8. The van der Waals surface area contributed by atoms with Gasteiger partial charge in [0.2, 0.25) is 17.6 Å². The molecule has 0 spiro atoms. The van der Waals surface area contributed by atoms with Crippen molar-refractivity contribution in [3.63, 3.8) is 0 Å². The summed E-state index contributed by atoms with van der Waals surface area (Å²) in [7, 11) is 1.51. The minimum atomic E-state index is -0.471. The van der Waals surface area contributed by atoms with Crippen LogP contribution in [-0.2, 0) is 11.2 Å². The van der Waals surface area contributed by atoms with Crippen LogP contribution in [0.15, 0.2) is 47.0 Å². The molecule has 1 aromatic heterocycles. The maximum Gasteiger partial charge on any atom is 0.269 e. The van der Waals surface area contributed by atoms with Gasteiger partial charge in [-0.3, -0.25) is 20.4 Å². The zero-order valence-corrected chi connectivity index (χ0v) is 19.0. The summed E-state index contributed by atoms with van der Waals surface area (Å²) in [5.41, 5.74) is 7.08. The second kappa shape index (κ2) is 11.7. The molecule has 9 nitrogen and oxygen atoms in total. The van der Waals surface area contributed by atoms with Gasteiger partial charge in [0.25, 0.3) is 5.91 Å². The van der Waals surface area contributed by atoms with Crippen molar-refractivity contribution < 1.29 is 23.6 Å². The van der Waals surface area contributed by atoms with Crippen LogP contribution in [-0.4, -0.2) is 35.7 Å². The lowest BCUT2D eigenvalue weighted by molar-refractivity contribution is -0.121. The number of hydrazine groups is 1. The summed E-state index contributed by atoms with van der Waals surface area (Å²) in [6, 6.07) is 12.6. The van der Waals surface area contributed by atoms with E-state index in [0.717, 1.165) is 24.0 Å². The third-order valence-electron chi connectivity index (χ3n) is 4.84. The molecule has 0 fully saturated rings. The van der Waals surface area contributed by atoms with Crippen LogP contribution in [0.1, 0.15) is 48.0 Å². The van der Waals surface area contributed by atoms with E-state index in [2.05, 4.69) is 27.9 Å². The number of hydrogen-bond acceptors (Lipinski definition) is 7. The molecule has 3 aromatic rings. The minimum Gasteiger partial charge on any atom is -0.493 e. The number of rotatable bonds is 10. The number of ether oxygens (including phenoxy) is 2. The second-order valence-corrected chi connectivity index (χ2v) is 7.45. The van der Waals surface area contributed by atoms with E-state index in [4.69, 9.17) is 14.0 Å². The van der Waals surface area contributed by atoms with E-state index in [-0.39, 0.29) is 18.7 Å². The highest BCUT2D eigenvalue weighted by Crippen LogP contribution is 2.28. The van der Waals surface area contributed by atoms with Crippen molar-refractivity contribution >= 4 is 11.8 Å². The molecular weight excluding hydrogens is 424 g/mol. The lowest BCUT2D eigenvalue weighted by atomic mass is 10.1. The van der Waals surface area contributed by atoms with Gasteiger partial charge in [-0.1, -0.05) is 48.3 Å². The molecule has 0 aliphatic rings. The number of unbranched alkanes of at least 4 members (excludes halogenated alkanes) is 1. The Morgan fingerprint density at radius 2 is 1.85 bits per heavy atom. The Labute approximate surface area is 192 Å². The Morgan fingerprint density at radius 1 is 1.06 bits per heavy atom. The first-order valence-corrected chi connectivity index (χ1v) is 10.8. The molecule has 2 amide bonds. The van der Waals surface area contributed by atoms with Gasteiger partial charge >= 0.3 is 0 Å². The molecule has 3 rings (SSSR count). The first-order valence-electron chi connectivity index (χ1n) is 10.8. The highest BCUT2D eigenvalue weighted by atomic mass is 16.5. The van der Waals surface area contributed by atoms with Crippen LogP contribution in [0.4, 0.5) is 0 Å². The van der Waals surface area contributed by atoms with E-state index >= 15 is 0 Å². The molecule has 2 aromatic carbocycles. The molecule has 0 bridgehead atoms. The van der Waals surface area contributed by atoms with Crippen LogP contribution in [0, 0.1) is 6.92 Å². The fraction of sp³-hybridized carbons (Fsp3) is 0.333. The number of aromatic nitrogens is 2. The summed E-state index contributed by atoms with van der Waals surface area (Å²) in [5.74, 6) is 0.971. The van der Waals surface area contributed by atoms with Gasteiger partial charge in [0.05, 0.1) is 13.7 Å². The number of nitrogens with one attached hydrogen (secondary N) is 2. The fourth-order valence-electron chi connectivity index (χ4n) is 2.91. The third-order valence-corrected chi connectivity index (χ3v) is 4.84. The van der Waals surface area contributed by atoms with Crippen molar-refractivity contribution in [2.24, 2.45) is 0 Å². The van der Waals surface area contributed by atoms with Crippen molar-refractivity contribution in [2.45, 2.75) is 39.5 Å². The van der Waals surface area contributed by atoms with Gasteiger partial charge in [-0.25, -0.2) is 0 Å². The van der Waals surface area contributed by atoms with Gasteiger partial charge in [0.15, 0.2) is 11.5 Å². The smallest absolute Gasteiger partial charge is 0.269 e. The molecule has 0 unspecified atom stereocenters. The summed E-state index contributed by atoms with van der Waals surface area (Å²) in [6.45, 7) is 4.64. The number of carbonyl (C=O) groups excluding carboxylic acids is 2. The topological polar surface area (TPSA) is 116 Å². The van der Waals surface area contributed by atoms with Gasteiger partial charge in [0, 0.05) is 24.0 Å². The molecule has 2 N–H and O–H groups in total. The summed E-state index contributed by atoms with van der Waals surface area (Å²) >= 11 is 0. The monoisotopic (exact) mass is 452 g/mol. The zero-order chi connectivity index (χ0) is 23.6. The van der Waals surface area contributed by atoms with Crippen LogP contribution in [0.2, 0.25) is 0 Å². The lowest BCUT2D eigenvalue weighted by Crippen LogP contribution is -2.41. The molecule has 0 atom stereocenters.